The number of ether oxygens (including phenoxy) is 1. The molecule has 53 heavy (non-hydrogen) atoms. The molecular weight excluding hydrogens is 680 g/mol. The molecule has 10 nitrogen and oxygen atoms in total. The highest BCUT2D eigenvalue weighted by Gasteiger charge is 2.62. The molecule has 2 saturated heterocycles. The van der Waals surface area contributed by atoms with E-state index in [4.69, 9.17) is 4.74 Å². The summed E-state index contributed by atoms with van der Waals surface area (Å²) in [6.07, 6.45) is 3.44. The molecule has 5 rings (SSSR count). The molecule has 0 bridgehead atoms. The number of carbonyl (C=O) groups is 4. The first-order valence-electron chi connectivity index (χ1n) is 19.1. The summed E-state index contributed by atoms with van der Waals surface area (Å²) in [5.74, 6) is -3.26. The second-order valence-electron chi connectivity index (χ2n) is 17.1. The van der Waals surface area contributed by atoms with Crippen LogP contribution < -0.4 is 10.6 Å². The normalized spacial score (nSPS) is 26.2. The Morgan fingerprint density at radius 2 is 1.62 bits per heavy atom. The van der Waals surface area contributed by atoms with E-state index in [1.807, 2.05) is 62.9 Å². The van der Waals surface area contributed by atoms with Gasteiger partial charge in [-0.05, 0) is 76.0 Å². The number of benzene rings is 2. The Labute approximate surface area is 313 Å². The number of quaternary nitrogens is 1. The van der Waals surface area contributed by atoms with Gasteiger partial charge < -0.3 is 20.3 Å². The number of imide groups is 1. The molecule has 1 saturated carbocycles. The van der Waals surface area contributed by atoms with Crippen LogP contribution in [0.5, 0.6) is 0 Å². The highest BCUT2D eigenvalue weighted by Crippen LogP contribution is 2.44. The molecule has 3 fully saturated rings. The second kappa shape index (κ2) is 16.2. The lowest BCUT2D eigenvalue weighted by Crippen LogP contribution is -2.66. The van der Waals surface area contributed by atoms with Gasteiger partial charge in [-0.3, -0.25) is 9.69 Å². The fourth-order valence-electron chi connectivity index (χ4n) is 8.79. The minimum Gasteiger partial charge on any atom is -0.445 e. The lowest BCUT2D eigenvalue weighted by Gasteiger charge is -2.42. The SMILES string of the molecule is CC(=O)N(C1CCC(C)(C)CC1)[C@H]1CC(C)[N+](C(=O)NCCNC(=O)OCc2ccccc2)(C(=O)[C@@H]2CN(C(C)(C)C)C[C@H]2c2ccc(F)cc2F)C1. The minimum absolute atomic E-state index is 0.00547. The zero-order chi connectivity index (χ0) is 38.7. The number of rotatable bonds is 9. The van der Waals surface area contributed by atoms with Crippen LogP contribution in [-0.4, -0.2) is 94.6 Å². The van der Waals surface area contributed by atoms with Crippen molar-refractivity contribution in [3.8, 4) is 0 Å². The van der Waals surface area contributed by atoms with Gasteiger partial charge in [-0.15, -0.1) is 0 Å². The molecule has 2 aromatic carbocycles. The van der Waals surface area contributed by atoms with E-state index >= 15 is 9.18 Å². The number of nitrogens with zero attached hydrogens (tertiary/aromatic N) is 3. The molecule has 2 unspecified atom stereocenters. The van der Waals surface area contributed by atoms with E-state index in [1.165, 1.54) is 12.1 Å². The fourth-order valence-corrected chi connectivity index (χ4v) is 8.79. The average molecular weight is 739 g/mol. The molecule has 290 valence electrons. The highest BCUT2D eigenvalue weighted by molar-refractivity contribution is 5.87. The first-order valence-corrected chi connectivity index (χ1v) is 19.1. The summed E-state index contributed by atoms with van der Waals surface area (Å²) in [4.78, 5) is 59.8. The summed E-state index contributed by atoms with van der Waals surface area (Å²) in [5, 5.41) is 5.59. The lowest BCUT2D eigenvalue weighted by atomic mass is 9.75. The average Bonchev–Trinajstić information content (AvgIpc) is 3.69. The third-order valence-corrected chi connectivity index (χ3v) is 11.9. The Morgan fingerprint density at radius 1 is 0.962 bits per heavy atom. The van der Waals surface area contributed by atoms with E-state index in [2.05, 4.69) is 29.4 Å². The molecule has 5 atom stereocenters. The van der Waals surface area contributed by atoms with Crippen LogP contribution in [0.15, 0.2) is 48.5 Å². The molecule has 0 radical (unpaired) electrons. The monoisotopic (exact) mass is 738 g/mol. The van der Waals surface area contributed by atoms with Crippen molar-refractivity contribution in [1.29, 1.82) is 0 Å². The van der Waals surface area contributed by atoms with Crippen molar-refractivity contribution in [1.82, 2.24) is 20.4 Å². The number of hydrogen-bond acceptors (Lipinski definition) is 6. The van der Waals surface area contributed by atoms with Crippen LogP contribution in [0.3, 0.4) is 0 Å². The summed E-state index contributed by atoms with van der Waals surface area (Å²) in [6, 6.07) is 11.4. The standard InChI is InChI=1S/C41H57F2N5O5/c1-27-21-32(47(28(2)49)31-15-17-41(6,7)18-16-31)25-48(27,38(51)44-19-20-45-39(52)53-26-29-11-9-8-10-12-29)37(50)35-24-46(40(3,4)5)23-34(35)33-14-13-30(42)22-36(33)43/h8-14,22,27,31-32,34-35H,15-21,23-26H2,1-7H3,(H-,44,45,51,52)/p+1/t27?,32-,34-,35+,48?/m0/s1. The van der Waals surface area contributed by atoms with Gasteiger partial charge >= 0.3 is 18.0 Å². The molecule has 0 spiro atoms. The predicted octanol–water partition coefficient (Wildman–Crippen LogP) is 6.74. The van der Waals surface area contributed by atoms with E-state index in [1.54, 1.807) is 6.92 Å². The molecule has 3 aliphatic rings. The Kier molecular flexibility index (Phi) is 12.3. The van der Waals surface area contributed by atoms with Crippen molar-refractivity contribution < 1.29 is 37.2 Å². The predicted molar refractivity (Wildman–Crippen MR) is 199 cm³/mol. The van der Waals surface area contributed by atoms with Gasteiger partial charge in [-0.1, -0.05) is 50.2 Å². The van der Waals surface area contributed by atoms with Crippen LogP contribution in [0.25, 0.3) is 0 Å². The summed E-state index contributed by atoms with van der Waals surface area (Å²) in [5.41, 5.74) is 0.903. The number of carbonyl (C=O) groups excluding carboxylic acids is 4. The molecular formula is C41H58F2N5O5+. The van der Waals surface area contributed by atoms with Crippen LogP contribution in [-0.2, 0) is 20.9 Å². The molecule has 2 aromatic rings. The summed E-state index contributed by atoms with van der Waals surface area (Å²) >= 11 is 0. The van der Waals surface area contributed by atoms with Crippen LogP contribution in [0.1, 0.15) is 97.6 Å². The van der Waals surface area contributed by atoms with Gasteiger partial charge in [0.25, 0.3) is 0 Å². The number of urea groups is 1. The van der Waals surface area contributed by atoms with E-state index in [-0.39, 0.29) is 73.2 Å². The van der Waals surface area contributed by atoms with Crippen LogP contribution in [0.4, 0.5) is 18.4 Å². The second-order valence-corrected chi connectivity index (χ2v) is 17.1. The van der Waals surface area contributed by atoms with Gasteiger partial charge in [0.1, 0.15) is 30.8 Å². The lowest BCUT2D eigenvalue weighted by molar-refractivity contribution is -0.787. The van der Waals surface area contributed by atoms with Crippen LogP contribution in [0, 0.1) is 23.0 Å². The van der Waals surface area contributed by atoms with Crippen molar-refractivity contribution in [3.63, 3.8) is 0 Å². The van der Waals surface area contributed by atoms with Gasteiger partial charge in [0, 0.05) is 63.1 Å². The molecule has 2 aliphatic heterocycles. The van der Waals surface area contributed by atoms with Crippen LogP contribution in [0.2, 0.25) is 0 Å². The number of alkyl carbamates (subject to hydrolysis) is 1. The van der Waals surface area contributed by atoms with Crippen LogP contribution >= 0.6 is 0 Å². The van der Waals surface area contributed by atoms with Crippen molar-refractivity contribution in [2.45, 2.75) is 117 Å². The molecule has 0 aromatic heterocycles. The van der Waals surface area contributed by atoms with Crippen molar-refractivity contribution in [2.75, 3.05) is 32.7 Å². The smallest absolute Gasteiger partial charge is 0.424 e. The Hall–Kier alpha value is -3.90. The van der Waals surface area contributed by atoms with Crippen molar-refractivity contribution in [3.05, 3.63) is 71.3 Å². The number of nitrogens with one attached hydrogen (secondary N) is 2. The Bertz CT molecular complexity index is 1640. The van der Waals surface area contributed by atoms with Crippen molar-refractivity contribution in [2.24, 2.45) is 11.3 Å². The quantitative estimate of drug-likeness (QED) is 0.218. The number of hydrogen-bond donors (Lipinski definition) is 2. The Morgan fingerprint density at radius 3 is 2.25 bits per heavy atom. The van der Waals surface area contributed by atoms with Crippen molar-refractivity contribution >= 4 is 23.9 Å². The molecule has 1 aliphatic carbocycles. The third kappa shape index (κ3) is 9.08. The number of likely N-dealkylation sites (tertiary alicyclic amines) is 2. The molecule has 5 amide bonds. The van der Waals surface area contributed by atoms with Gasteiger partial charge in [0.2, 0.25) is 5.91 Å². The van der Waals surface area contributed by atoms with Gasteiger partial charge in [-0.25, -0.2) is 23.2 Å². The summed E-state index contributed by atoms with van der Waals surface area (Å²) in [7, 11) is 0. The van der Waals surface area contributed by atoms with Gasteiger partial charge in [0.15, 0.2) is 0 Å². The fraction of sp³-hybridized carbons (Fsp3) is 0.610. The first-order chi connectivity index (χ1) is 24.9. The number of halogens is 2. The van der Waals surface area contributed by atoms with Gasteiger partial charge in [-0.2, -0.15) is 4.48 Å². The maximum absolute atomic E-state index is 15.5. The third-order valence-electron chi connectivity index (χ3n) is 11.9. The zero-order valence-corrected chi connectivity index (χ0v) is 32.4. The number of amides is 5. The maximum atomic E-state index is 15.5. The van der Waals surface area contributed by atoms with E-state index in [0.717, 1.165) is 37.3 Å². The summed E-state index contributed by atoms with van der Waals surface area (Å²) < 4.78 is 34.3. The highest BCUT2D eigenvalue weighted by atomic mass is 19.1. The topological polar surface area (TPSA) is 108 Å². The molecule has 2 heterocycles. The molecule has 12 heteroatoms. The maximum Gasteiger partial charge on any atom is 0.424 e. The van der Waals surface area contributed by atoms with E-state index in [0.29, 0.717) is 13.0 Å². The van der Waals surface area contributed by atoms with E-state index in [9.17, 15) is 18.8 Å². The Balaban J connectivity index is 1.41. The summed E-state index contributed by atoms with van der Waals surface area (Å²) in [6.45, 7) is 14.9. The van der Waals surface area contributed by atoms with Gasteiger partial charge in [0.05, 0.1) is 12.0 Å². The largest absolute Gasteiger partial charge is 0.445 e. The zero-order valence-electron chi connectivity index (χ0n) is 32.4. The first kappa shape index (κ1) is 40.3. The minimum atomic E-state index is -0.784. The molecule has 2 N–H and O–H groups in total. The van der Waals surface area contributed by atoms with E-state index < -0.39 is 46.1 Å².